The first-order valence-corrected chi connectivity index (χ1v) is 5.23. The van der Waals surface area contributed by atoms with Crippen molar-refractivity contribution in [2.75, 3.05) is 0 Å². The highest BCUT2D eigenvalue weighted by molar-refractivity contribution is 6.07. The Hall–Kier alpha value is -1.76. The number of nitrogens with one attached hydrogen (secondary N) is 1. The molecule has 0 aliphatic rings. The van der Waals surface area contributed by atoms with Gasteiger partial charge in [0.2, 0.25) is 0 Å². The van der Waals surface area contributed by atoms with Gasteiger partial charge in [0.15, 0.2) is 0 Å². The molecule has 3 aromatic rings. The quantitative estimate of drug-likeness (QED) is 0.559. The summed E-state index contributed by atoms with van der Waals surface area (Å²) in [6, 6.07) is 13.0. The molecule has 0 saturated carbocycles. The van der Waals surface area contributed by atoms with Crippen molar-refractivity contribution in [2.45, 2.75) is 13.8 Å². The molecule has 1 heteroatoms. The van der Waals surface area contributed by atoms with Crippen LogP contribution in [-0.2, 0) is 0 Å². The van der Waals surface area contributed by atoms with E-state index in [4.69, 9.17) is 0 Å². The molecule has 15 heavy (non-hydrogen) atoms. The lowest BCUT2D eigenvalue weighted by Gasteiger charge is -2.02. The summed E-state index contributed by atoms with van der Waals surface area (Å²) in [5.74, 6) is 0. The Balaban J connectivity index is 2.63. The molecule has 0 radical (unpaired) electrons. The van der Waals surface area contributed by atoms with Crippen molar-refractivity contribution in [3.63, 3.8) is 0 Å². The van der Waals surface area contributed by atoms with E-state index in [0.29, 0.717) is 0 Å². The van der Waals surface area contributed by atoms with Gasteiger partial charge in [0, 0.05) is 16.5 Å². The number of aryl methyl sites for hydroxylation is 2. The zero-order chi connectivity index (χ0) is 10.4. The number of benzene rings is 2. The predicted molar refractivity (Wildman–Crippen MR) is 65.3 cm³/mol. The fraction of sp³-hybridized carbons (Fsp3) is 0.143. The van der Waals surface area contributed by atoms with Crippen molar-refractivity contribution >= 4 is 21.7 Å². The number of aromatic nitrogens is 1. The summed E-state index contributed by atoms with van der Waals surface area (Å²) in [7, 11) is 0. The van der Waals surface area contributed by atoms with E-state index < -0.39 is 0 Å². The Bertz CT molecular complexity index is 647. The van der Waals surface area contributed by atoms with Crippen LogP contribution in [0.1, 0.15) is 11.3 Å². The molecule has 0 aliphatic heterocycles. The summed E-state index contributed by atoms with van der Waals surface area (Å²) in [6.45, 7) is 4.27. The van der Waals surface area contributed by atoms with Crippen molar-refractivity contribution in [1.82, 2.24) is 4.98 Å². The van der Waals surface area contributed by atoms with Gasteiger partial charge in [0.1, 0.15) is 0 Å². The molecule has 0 atom stereocenters. The molecule has 1 nitrogen and oxygen atoms in total. The molecule has 0 spiro atoms. The number of fused-ring (bicyclic) bond motifs is 3. The van der Waals surface area contributed by atoms with Gasteiger partial charge in [-0.25, -0.2) is 0 Å². The van der Waals surface area contributed by atoms with Crippen LogP contribution in [-0.4, -0.2) is 4.98 Å². The van der Waals surface area contributed by atoms with Crippen molar-refractivity contribution in [3.8, 4) is 0 Å². The van der Waals surface area contributed by atoms with Gasteiger partial charge in [-0.05, 0) is 30.9 Å². The molecule has 1 aromatic heterocycles. The van der Waals surface area contributed by atoms with Gasteiger partial charge in [-0.3, -0.25) is 0 Å². The van der Waals surface area contributed by atoms with Crippen LogP contribution in [0.3, 0.4) is 0 Å². The van der Waals surface area contributed by atoms with E-state index in [0.717, 1.165) is 0 Å². The lowest BCUT2D eigenvalue weighted by molar-refractivity contribution is 1.31. The first kappa shape index (κ1) is 8.54. The van der Waals surface area contributed by atoms with Crippen molar-refractivity contribution in [2.24, 2.45) is 0 Å². The maximum Gasteiger partial charge on any atom is 0.0538 e. The fourth-order valence-corrected chi connectivity index (χ4v) is 2.27. The van der Waals surface area contributed by atoms with Crippen LogP contribution >= 0.6 is 0 Å². The molecule has 2 aromatic carbocycles. The van der Waals surface area contributed by atoms with E-state index in [1.807, 2.05) is 0 Å². The van der Waals surface area contributed by atoms with Crippen LogP contribution in [0.4, 0.5) is 0 Å². The summed E-state index contributed by atoms with van der Waals surface area (Å²) >= 11 is 0. The summed E-state index contributed by atoms with van der Waals surface area (Å²) in [5, 5.41) is 3.96. The number of H-pyrrole nitrogens is 1. The summed E-state index contributed by atoms with van der Waals surface area (Å²) < 4.78 is 0. The zero-order valence-electron chi connectivity index (χ0n) is 8.96. The maximum atomic E-state index is 3.44. The summed E-state index contributed by atoms with van der Waals surface area (Å²) in [6.07, 6.45) is 0. The molecule has 0 bridgehead atoms. The standard InChI is InChI=1S/C14H13N/c1-9-7-11-5-3-4-6-12(11)14-13(9)8-10(2)15-14/h3-8,15H,1-2H3. The highest BCUT2D eigenvalue weighted by atomic mass is 14.7. The van der Waals surface area contributed by atoms with E-state index in [2.05, 4.69) is 55.2 Å². The average molecular weight is 195 g/mol. The van der Waals surface area contributed by atoms with Gasteiger partial charge in [-0.15, -0.1) is 0 Å². The second kappa shape index (κ2) is 2.86. The number of rotatable bonds is 0. The van der Waals surface area contributed by atoms with Crippen LogP contribution < -0.4 is 0 Å². The lowest BCUT2D eigenvalue weighted by atomic mass is 10.0. The van der Waals surface area contributed by atoms with Crippen molar-refractivity contribution in [1.29, 1.82) is 0 Å². The van der Waals surface area contributed by atoms with E-state index in [1.165, 1.54) is 32.9 Å². The van der Waals surface area contributed by atoms with Crippen LogP contribution in [0.15, 0.2) is 36.4 Å². The van der Waals surface area contributed by atoms with Gasteiger partial charge < -0.3 is 4.98 Å². The smallest absolute Gasteiger partial charge is 0.0538 e. The van der Waals surface area contributed by atoms with E-state index in [1.54, 1.807) is 0 Å². The predicted octanol–water partition coefficient (Wildman–Crippen LogP) is 3.94. The molecular formula is C14H13N. The third kappa shape index (κ3) is 1.16. The highest BCUT2D eigenvalue weighted by Crippen LogP contribution is 2.28. The molecule has 0 amide bonds. The van der Waals surface area contributed by atoms with Crippen LogP contribution in [0.5, 0.6) is 0 Å². The Morgan fingerprint density at radius 2 is 1.73 bits per heavy atom. The molecular weight excluding hydrogens is 182 g/mol. The van der Waals surface area contributed by atoms with Gasteiger partial charge >= 0.3 is 0 Å². The average Bonchev–Trinajstić information content (AvgIpc) is 2.61. The number of aromatic amines is 1. The summed E-state index contributed by atoms with van der Waals surface area (Å²) in [4.78, 5) is 3.44. The van der Waals surface area contributed by atoms with Crippen LogP contribution in [0.25, 0.3) is 21.7 Å². The van der Waals surface area contributed by atoms with Gasteiger partial charge in [0.05, 0.1) is 5.52 Å². The number of hydrogen-bond donors (Lipinski definition) is 1. The second-order valence-corrected chi connectivity index (χ2v) is 4.16. The minimum Gasteiger partial charge on any atom is -0.358 e. The molecule has 0 unspecified atom stereocenters. The molecule has 1 N–H and O–H groups in total. The minimum atomic E-state index is 1.23. The van der Waals surface area contributed by atoms with E-state index >= 15 is 0 Å². The normalized spacial score (nSPS) is 11.3. The molecule has 3 rings (SSSR count). The first-order chi connectivity index (χ1) is 7.25. The molecule has 0 fully saturated rings. The van der Waals surface area contributed by atoms with Gasteiger partial charge in [-0.2, -0.15) is 0 Å². The third-order valence-electron chi connectivity index (χ3n) is 2.98. The second-order valence-electron chi connectivity index (χ2n) is 4.16. The van der Waals surface area contributed by atoms with E-state index in [-0.39, 0.29) is 0 Å². The van der Waals surface area contributed by atoms with Crippen molar-refractivity contribution < 1.29 is 0 Å². The third-order valence-corrected chi connectivity index (χ3v) is 2.98. The Kier molecular flexibility index (Phi) is 1.63. The minimum absolute atomic E-state index is 1.23. The molecule has 74 valence electrons. The molecule has 0 aliphatic carbocycles. The SMILES string of the molecule is Cc1cc2c(C)cc3ccccc3c2[nH]1. The van der Waals surface area contributed by atoms with Gasteiger partial charge in [0.25, 0.3) is 0 Å². The zero-order valence-corrected chi connectivity index (χ0v) is 8.96. The fourth-order valence-electron chi connectivity index (χ4n) is 2.27. The topological polar surface area (TPSA) is 15.8 Å². The first-order valence-electron chi connectivity index (χ1n) is 5.23. The van der Waals surface area contributed by atoms with Gasteiger partial charge in [-0.1, -0.05) is 30.3 Å². The largest absolute Gasteiger partial charge is 0.358 e. The molecule has 1 heterocycles. The summed E-state index contributed by atoms with van der Waals surface area (Å²) in [5.41, 5.74) is 3.83. The maximum absolute atomic E-state index is 3.44. The lowest BCUT2D eigenvalue weighted by Crippen LogP contribution is -1.79. The monoisotopic (exact) mass is 195 g/mol. The molecule has 0 saturated heterocycles. The highest BCUT2D eigenvalue weighted by Gasteiger charge is 2.05. The Morgan fingerprint density at radius 1 is 0.933 bits per heavy atom. The van der Waals surface area contributed by atoms with E-state index in [9.17, 15) is 0 Å². The Morgan fingerprint density at radius 3 is 2.60 bits per heavy atom. The number of hydrogen-bond acceptors (Lipinski definition) is 0. The Labute approximate surface area is 88.7 Å². The van der Waals surface area contributed by atoms with Crippen LogP contribution in [0, 0.1) is 13.8 Å². The van der Waals surface area contributed by atoms with Crippen molar-refractivity contribution in [3.05, 3.63) is 47.7 Å². The van der Waals surface area contributed by atoms with Crippen LogP contribution in [0.2, 0.25) is 0 Å².